The van der Waals surface area contributed by atoms with Crippen LogP contribution in [0.1, 0.15) is 24.5 Å². The Bertz CT molecular complexity index is 380. The number of benzene rings is 1. The van der Waals surface area contributed by atoms with Crippen molar-refractivity contribution in [3.05, 3.63) is 29.3 Å². The molecule has 0 saturated carbocycles. The van der Waals surface area contributed by atoms with E-state index in [9.17, 15) is 0 Å². The number of thiocarbonyl (C=S) groups is 1. The molecule has 0 bridgehead atoms. The highest BCUT2D eigenvalue weighted by Gasteiger charge is 2.08. The molecule has 0 amide bonds. The molecule has 4 heteroatoms. The van der Waals surface area contributed by atoms with Gasteiger partial charge in [-0.3, -0.25) is 0 Å². The molecule has 0 aliphatic heterocycles. The van der Waals surface area contributed by atoms with Gasteiger partial charge in [0, 0.05) is 6.61 Å². The van der Waals surface area contributed by atoms with E-state index < -0.39 is 0 Å². The average molecular weight is 253 g/mol. The number of aryl methyl sites for hydroxylation is 1. The van der Waals surface area contributed by atoms with Gasteiger partial charge in [-0.05, 0) is 25.0 Å². The molecule has 0 aliphatic rings. The SMILES string of the molecule is CCCOCCOc1c(C)cccc1C(N)=S. The smallest absolute Gasteiger partial charge is 0.132 e. The van der Waals surface area contributed by atoms with E-state index >= 15 is 0 Å². The van der Waals surface area contributed by atoms with Crippen molar-refractivity contribution in [2.75, 3.05) is 19.8 Å². The highest BCUT2D eigenvalue weighted by atomic mass is 32.1. The monoisotopic (exact) mass is 253 g/mol. The van der Waals surface area contributed by atoms with E-state index in [2.05, 4.69) is 6.92 Å². The average Bonchev–Trinajstić information content (AvgIpc) is 2.30. The zero-order chi connectivity index (χ0) is 12.7. The molecule has 0 atom stereocenters. The van der Waals surface area contributed by atoms with Gasteiger partial charge in [0.25, 0.3) is 0 Å². The van der Waals surface area contributed by atoms with Crippen molar-refractivity contribution in [1.82, 2.24) is 0 Å². The van der Waals surface area contributed by atoms with E-state index in [0.29, 0.717) is 18.2 Å². The second kappa shape index (κ2) is 7.25. The topological polar surface area (TPSA) is 44.5 Å². The Balaban J connectivity index is 2.60. The van der Waals surface area contributed by atoms with E-state index in [1.807, 2.05) is 25.1 Å². The number of hydrogen-bond acceptors (Lipinski definition) is 3. The van der Waals surface area contributed by atoms with Crippen LogP contribution >= 0.6 is 12.2 Å². The van der Waals surface area contributed by atoms with Gasteiger partial charge >= 0.3 is 0 Å². The van der Waals surface area contributed by atoms with E-state index in [-0.39, 0.29) is 0 Å². The minimum absolute atomic E-state index is 0.359. The molecule has 0 heterocycles. The van der Waals surface area contributed by atoms with Crippen LogP contribution in [0.25, 0.3) is 0 Å². The molecule has 1 aromatic rings. The first-order valence-corrected chi connectivity index (χ1v) is 6.17. The molecule has 2 N–H and O–H groups in total. The summed E-state index contributed by atoms with van der Waals surface area (Å²) in [6.45, 7) is 5.91. The van der Waals surface area contributed by atoms with Crippen molar-refractivity contribution in [2.24, 2.45) is 5.73 Å². The maximum Gasteiger partial charge on any atom is 0.132 e. The minimum Gasteiger partial charge on any atom is -0.490 e. The summed E-state index contributed by atoms with van der Waals surface area (Å²) < 4.78 is 11.0. The van der Waals surface area contributed by atoms with Crippen molar-refractivity contribution >= 4 is 17.2 Å². The maximum atomic E-state index is 5.68. The minimum atomic E-state index is 0.359. The van der Waals surface area contributed by atoms with Crippen LogP contribution in [0.2, 0.25) is 0 Å². The first kappa shape index (κ1) is 13.9. The van der Waals surface area contributed by atoms with Gasteiger partial charge in [-0.25, -0.2) is 0 Å². The number of rotatable bonds is 7. The standard InChI is InChI=1S/C13H19NO2S/c1-3-7-15-8-9-16-12-10(2)5-4-6-11(12)13(14)17/h4-6H,3,7-9H2,1-2H3,(H2,14,17). The van der Waals surface area contributed by atoms with Crippen LogP contribution in [0.3, 0.4) is 0 Å². The largest absolute Gasteiger partial charge is 0.490 e. The van der Waals surface area contributed by atoms with Gasteiger partial charge in [0.1, 0.15) is 17.3 Å². The predicted octanol–water partition coefficient (Wildman–Crippen LogP) is 2.43. The van der Waals surface area contributed by atoms with Crippen LogP contribution in [0.5, 0.6) is 5.75 Å². The van der Waals surface area contributed by atoms with Crippen LogP contribution in [-0.4, -0.2) is 24.8 Å². The molecule has 0 fully saturated rings. The molecule has 0 aliphatic carbocycles. The van der Waals surface area contributed by atoms with Gasteiger partial charge in [0.15, 0.2) is 0 Å². The predicted molar refractivity (Wildman–Crippen MR) is 73.7 cm³/mol. The Kier molecular flexibility index (Phi) is 5.94. The Morgan fingerprint density at radius 1 is 1.29 bits per heavy atom. The van der Waals surface area contributed by atoms with Gasteiger partial charge < -0.3 is 15.2 Å². The fourth-order valence-corrected chi connectivity index (χ4v) is 1.65. The number of nitrogens with two attached hydrogens (primary N) is 1. The van der Waals surface area contributed by atoms with Crippen molar-refractivity contribution in [2.45, 2.75) is 20.3 Å². The second-order valence-electron chi connectivity index (χ2n) is 3.78. The molecule has 0 aromatic heterocycles. The summed E-state index contributed by atoms with van der Waals surface area (Å²) in [7, 11) is 0. The summed E-state index contributed by atoms with van der Waals surface area (Å²) in [5.74, 6) is 0.764. The van der Waals surface area contributed by atoms with Crippen LogP contribution in [-0.2, 0) is 4.74 Å². The molecule has 17 heavy (non-hydrogen) atoms. The quantitative estimate of drug-likeness (QED) is 0.599. The van der Waals surface area contributed by atoms with Crippen molar-refractivity contribution < 1.29 is 9.47 Å². The lowest BCUT2D eigenvalue weighted by molar-refractivity contribution is 0.100. The van der Waals surface area contributed by atoms with E-state index in [0.717, 1.165) is 29.9 Å². The molecule has 0 spiro atoms. The normalized spacial score (nSPS) is 10.2. The third-order valence-electron chi connectivity index (χ3n) is 2.30. The molecule has 0 radical (unpaired) electrons. The van der Waals surface area contributed by atoms with E-state index in [1.165, 1.54) is 0 Å². The van der Waals surface area contributed by atoms with Gasteiger partial charge in [-0.2, -0.15) is 0 Å². The molecule has 0 saturated heterocycles. The molecule has 94 valence electrons. The third-order valence-corrected chi connectivity index (χ3v) is 2.52. The maximum absolute atomic E-state index is 5.68. The van der Waals surface area contributed by atoms with Gasteiger partial charge in [0.05, 0.1) is 12.2 Å². The first-order chi connectivity index (χ1) is 8.16. The molecule has 0 unspecified atom stereocenters. The summed E-state index contributed by atoms with van der Waals surface area (Å²) in [6.07, 6.45) is 1.02. The van der Waals surface area contributed by atoms with Crippen LogP contribution < -0.4 is 10.5 Å². The summed E-state index contributed by atoms with van der Waals surface area (Å²) in [5, 5.41) is 0. The highest BCUT2D eigenvalue weighted by Crippen LogP contribution is 2.23. The Morgan fingerprint density at radius 2 is 2.06 bits per heavy atom. The fraction of sp³-hybridized carbons (Fsp3) is 0.462. The number of hydrogen-bond donors (Lipinski definition) is 1. The zero-order valence-corrected chi connectivity index (χ0v) is 11.2. The molecular weight excluding hydrogens is 234 g/mol. The van der Waals surface area contributed by atoms with E-state index in [4.69, 9.17) is 27.4 Å². The lowest BCUT2D eigenvalue weighted by atomic mass is 10.1. The van der Waals surface area contributed by atoms with Crippen LogP contribution in [0.15, 0.2) is 18.2 Å². The highest BCUT2D eigenvalue weighted by molar-refractivity contribution is 7.80. The van der Waals surface area contributed by atoms with Crippen LogP contribution in [0, 0.1) is 6.92 Å². The Morgan fingerprint density at radius 3 is 2.71 bits per heavy atom. The first-order valence-electron chi connectivity index (χ1n) is 5.76. The Labute approximate surface area is 108 Å². The van der Waals surface area contributed by atoms with Crippen molar-refractivity contribution in [3.63, 3.8) is 0 Å². The van der Waals surface area contributed by atoms with Crippen LogP contribution in [0.4, 0.5) is 0 Å². The lowest BCUT2D eigenvalue weighted by Crippen LogP contribution is -2.14. The van der Waals surface area contributed by atoms with E-state index in [1.54, 1.807) is 0 Å². The third kappa shape index (κ3) is 4.32. The fourth-order valence-electron chi connectivity index (χ4n) is 1.49. The number of ether oxygens (including phenoxy) is 2. The molecule has 1 aromatic carbocycles. The molecular formula is C13H19NO2S. The summed E-state index contributed by atoms with van der Waals surface area (Å²) in [5.41, 5.74) is 7.48. The van der Waals surface area contributed by atoms with Crippen molar-refractivity contribution in [3.8, 4) is 5.75 Å². The zero-order valence-electron chi connectivity index (χ0n) is 10.4. The number of para-hydroxylation sites is 1. The lowest BCUT2D eigenvalue weighted by Gasteiger charge is -2.13. The molecule has 1 rings (SSSR count). The summed E-state index contributed by atoms with van der Waals surface area (Å²) >= 11 is 5.00. The van der Waals surface area contributed by atoms with Gasteiger partial charge in [0.2, 0.25) is 0 Å². The summed E-state index contributed by atoms with van der Waals surface area (Å²) in [4.78, 5) is 0.359. The van der Waals surface area contributed by atoms with Gasteiger partial charge in [-0.1, -0.05) is 31.3 Å². The van der Waals surface area contributed by atoms with Crippen molar-refractivity contribution in [1.29, 1.82) is 0 Å². The molecule has 3 nitrogen and oxygen atoms in total. The summed E-state index contributed by atoms with van der Waals surface area (Å²) in [6, 6.07) is 5.77. The van der Waals surface area contributed by atoms with Gasteiger partial charge in [-0.15, -0.1) is 0 Å². The Hall–Kier alpha value is -1.13. The second-order valence-corrected chi connectivity index (χ2v) is 4.22.